The van der Waals surface area contributed by atoms with Gasteiger partial charge in [-0.05, 0) is 81.5 Å². The first kappa shape index (κ1) is 23.2. The van der Waals surface area contributed by atoms with Gasteiger partial charge >= 0.3 is 11.9 Å². The van der Waals surface area contributed by atoms with Crippen LogP contribution in [-0.2, 0) is 23.8 Å². The van der Waals surface area contributed by atoms with Crippen LogP contribution in [0.3, 0.4) is 0 Å². The van der Waals surface area contributed by atoms with E-state index in [4.69, 9.17) is 14.2 Å². The van der Waals surface area contributed by atoms with E-state index in [1.54, 1.807) is 0 Å². The van der Waals surface area contributed by atoms with Crippen molar-refractivity contribution in [3.05, 3.63) is 0 Å². The maximum absolute atomic E-state index is 13.3. The van der Waals surface area contributed by atoms with Crippen LogP contribution < -0.4 is 0 Å². The molecule has 7 nitrogen and oxygen atoms in total. The first-order chi connectivity index (χ1) is 16.2. The molecule has 0 amide bonds. The molecule has 4 heterocycles. The predicted molar refractivity (Wildman–Crippen MR) is 122 cm³/mol. The zero-order chi connectivity index (χ0) is 23.9. The lowest BCUT2D eigenvalue weighted by Crippen LogP contribution is -2.57. The molecule has 0 aromatic heterocycles. The summed E-state index contributed by atoms with van der Waals surface area (Å²) >= 11 is 0. The Hall–Kier alpha value is -1.18. The van der Waals surface area contributed by atoms with Crippen LogP contribution in [0.15, 0.2) is 0 Å². The summed E-state index contributed by atoms with van der Waals surface area (Å²) in [4.78, 5) is 26.2. The summed E-state index contributed by atoms with van der Waals surface area (Å²) in [5.41, 5.74) is -1.67. The Morgan fingerprint density at radius 3 is 2.59 bits per heavy atom. The van der Waals surface area contributed by atoms with E-state index in [-0.39, 0.29) is 23.9 Å². The summed E-state index contributed by atoms with van der Waals surface area (Å²) < 4.78 is 19.0. The maximum Gasteiger partial charge on any atom is 0.310 e. The van der Waals surface area contributed by atoms with Gasteiger partial charge in [-0.3, -0.25) is 9.59 Å². The summed E-state index contributed by atoms with van der Waals surface area (Å²) in [5, 5.41) is 21.5. The molecule has 4 aliphatic heterocycles. The molecule has 11 atom stereocenters. The van der Waals surface area contributed by atoms with Crippen molar-refractivity contribution < 1.29 is 34.0 Å². The molecule has 7 rings (SSSR count). The second-order valence-corrected chi connectivity index (χ2v) is 12.6. The van der Waals surface area contributed by atoms with Crippen LogP contribution >= 0.6 is 0 Å². The van der Waals surface area contributed by atoms with E-state index in [1.807, 2.05) is 0 Å². The summed E-state index contributed by atoms with van der Waals surface area (Å²) in [6.45, 7) is 4.26. The molecule has 34 heavy (non-hydrogen) atoms. The molecule has 2 N–H and O–H groups in total. The van der Waals surface area contributed by atoms with Crippen molar-refractivity contribution in [1.29, 1.82) is 0 Å². The average molecular weight is 477 g/mol. The van der Waals surface area contributed by atoms with Crippen LogP contribution in [0.2, 0.25) is 0 Å². The molecule has 0 aromatic carbocycles. The number of ether oxygens (including phenoxy) is 3. The van der Waals surface area contributed by atoms with Crippen molar-refractivity contribution >= 4 is 11.9 Å². The normalized spacial score (nSPS) is 53.0. The predicted octanol–water partition coefficient (Wildman–Crippen LogP) is 4.62. The summed E-state index contributed by atoms with van der Waals surface area (Å²) in [7, 11) is 0. The Labute approximate surface area is 201 Å². The third kappa shape index (κ3) is 3.47. The van der Waals surface area contributed by atoms with Gasteiger partial charge in [-0.25, -0.2) is 0 Å². The molecule has 1 spiro atoms. The lowest BCUT2D eigenvalue weighted by molar-refractivity contribution is -0.200. The molecule has 3 saturated carbocycles. The van der Waals surface area contributed by atoms with Crippen molar-refractivity contribution in [1.82, 2.24) is 0 Å². The summed E-state index contributed by atoms with van der Waals surface area (Å²) in [6.07, 6.45) is 10.4. The number of carboxylic acids is 2. The van der Waals surface area contributed by atoms with Crippen molar-refractivity contribution in [2.24, 2.45) is 35.0 Å². The van der Waals surface area contributed by atoms with Gasteiger partial charge in [-0.1, -0.05) is 26.7 Å². The van der Waals surface area contributed by atoms with Crippen LogP contribution in [0.4, 0.5) is 0 Å². The maximum atomic E-state index is 13.3. The van der Waals surface area contributed by atoms with Crippen LogP contribution in [0.5, 0.6) is 0 Å². The number of epoxide rings is 2. The minimum absolute atomic E-state index is 0.0189. The summed E-state index contributed by atoms with van der Waals surface area (Å²) in [5.74, 6) is -3.45. The molecule has 7 fully saturated rings. The highest BCUT2D eigenvalue weighted by Crippen LogP contribution is 2.66. The molecule has 4 bridgehead atoms. The highest BCUT2D eigenvalue weighted by molar-refractivity contribution is 5.84. The lowest BCUT2D eigenvalue weighted by atomic mass is 9.50. The highest BCUT2D eigenvalue weighted by atomic mass is 16.8. The largest absolute Gasteiger partial charge is 0.481 e. The van der Waals surface area contributed by atoms with Gasteiger partial charge in [0, 0.05) is 6.42 Å². The van der Waals surface area contributed by atoms with E-state index >= 15 is 0 Å². The van der Waals surface area contributed by atoms with Gasteiger partial charge in [0.2, 0.25) is 0 Å². The quantitative estimate of drug-likeness (QED) is 0.516. The minimum atomic E-state index is -1.25. The van der Waals surface area contributed by atoms with E-state index in [9.17, 15) is 19.8 Å². The number of hydrogen-bond donors (Lipinski definition) is 2. The van der Waals surface area contributed by atoms with Gasteiger partial charge in [0.25, 0.3) is 0 Å². The first-order valence-electron chi connectivity index (χ1n) is 13.7. The van der Waals surface area contributed by atoms with Crippen LogP contribution in [0.25, 0.3) is 0 Å². The van der Waals surface area contributed by atoms with Gasteiger partial charge in [-0.2, -0.15) is 0 Å². The fraction of sp³-hybridized carbons (Fsp3) is 0.926. The van der Waals surface area contributed by atoms with Crippen molar-refractivity contribution in [3.8, 4) is 0 Å². The summed E-state index contributed by atoms with van der Waals surface area (Å²) in [6, 6.07) is 0. The third-order valence-electron chi connectivity index (χ3n) is 10.7. The van der Waals surface area contributed by atoms with E-state index in [1.165, 1.54) is 0 Å². The lowest BCUT2D eigenvalue weighted by Gasteiger charge is -2.52. The second-order valence-electron chi connectivity index (χ2n) is 12.6. The Morgan fingerprint density at radius 2 is 1.88 bits per heavy atom. The zero-order valence-electron chi connectivity index (χ0n) is 20.5. The van der Waals surface area contributed by atoms with Crippen LogP contribution in [-0.4, -0.2) is 51.9 Å². The van der Waals surface area contributed by atoms with Gasteiger partial charge in [0.1, 0.15) is 6.10 Å². The van der Waals surface area contributed by atoms with E-state index < -0.39 is 34.7 Å². The van der Waals surface area contributed by atoms with Crippen molar-refractivity contribution in [3.63, 3.8) is 0 Å². The highest BCUT2D eigenvalue weighted by Gasteiger charge is 2.72. The molecule has 4 saturated heterocycles. The zero-order valence-corrected chi connectivity index (χ0v) is 20.5. The number of unbranched alkanes of at least 4 members (excludes halogenated alkanes) is 1. The molecule has 7 aliphatic rings. The number of carbonyl (C=O) groups is 2. The van der Waals surface area contributed by atoms with E-state index in [2.05, 4.69) is 13.8 Å². The second kappa shape index (κ2) is 7.91. The number of carboxylic acid groups (broad SMARTS) is 2. The molecule has 3 aliphatic carbocycles. The van der Waals surface area contributed by atoms with Crippen LogP contribution in [0, 0.1) is 35.0 Å². The first-order valence-corrected chi connectivity index (χ1v) is 13.7. The molecule has 11 unspecified atom stereocenters. The Balaban J connectivity index is 1.43. The van der Waals surface area contributed by atoms with Gasteiger partial charge < -0.3 is 24.4 Å². The van der Waals surface area contributed by atoms with Gasteiger partial charge in [0.15, 0.2) is 5.79 Å². The Morgan fingerprint density at radius 1 is 1.06 bits per heavy atom. The molecule has 0 radical (unpaired) electrons. The minimum Gasteiger partial charge on any atom is -0.481 e. The fourth-order valence-electron chi connectivity index (χ4n) is 8.85. The van der Waals surface area contributed by atoms with Gasteiger partial charge in [-0.15, -0.1) is 0 Å². The number of aliphatic carboxylic acids is 2. The monoisotopic (exact) mass is 476 g/mol. The van der Waals surface area contributed by atoms with Crippen molar-refractivity contribution in [2.75, 3.05) is 0 Å². The molecule has 0 aromatic rings. The van der Waals surface area contributed by atoms with E-state index in [0.717, 1.165) is 51.4 Å². The SMILES string of the molecule is CCCCC12CCC(C(=O)O)(C(CC3CCC4OC4C3)C1)C(C(=O)O)C1CC3(OC3CC1C)O2. The Kier molecular flexibility index (Phi) is 5.40. The Bertz CT molecular complexity index is 860. The fourth-order valence-corrected chi connectivity index (χ4v) is 8.85. The molecular formula is C27H40O7. The third-order valence-corrected chi connectivity index (χ3v) is 10.7. The van der Waals surface area contributed by atoms with Gasteiger partial charge in [0.05, 0.1) is 29.1 Å². The molecular weight excluding hydrogens is 436 g/mol. The molecule has 7 heteroatoms. The van der Waals surface area contributed by atoms with E-state index in [0.29, 0.717) is 43.8 Å². The average Bonchev–Trinajstić information content (AvgIpc) is 3.68. The van der Waals surface area contributed by atoms with Crippen LogP contribution in [0.1, 0.15) is 90.9 Å². The smallest absolute Gasteiger partial charge is 0.310 e. The molecule has 190 valence electrons. The van der Waals surface area contributed by atoms with Crippen molar-refractivity contribution in [2.45, 2.75) is 121 Å². The standard InChI is InChI=1S/C27H40O7/c1-3-4-7-25-8-9-26(24(30)31,17(13-25)11-16-5-6-19-20(12-16)32-19)22(23(28)29)18-14-27(34-25)21(33-27)10-15(18)2/h15-22H,3-14H2,1-2H3,(H,28,29)(H,30,31). The number of fused-ring (bicyclic) bond motifs is 3. The number of hydrogen-bond acceptors (Lipinski definition) is 5. The topological polar surface area (TPSA) is 109 Å². The number of rotatable bonds is 7.